The molecular weight excluding hydrogens is 278 g/mol. The molecule has 7 heteroatoms. The number of rotatable bonds is 2. The predicted molar refractivity (Wildman–Crippen MR) is 73.5 cm³/mol. The standard InChI is InChI=1S/C13H15N3O3S/c17-11-8-14-13(19)16(11)9-3-5-15(6-4-9)12(18)10-2-1-7-20-10/h1-2,7,9H,3-6,8H2,(H,14,19). The Kier molecular flexibility index (Phi) is 3.43. The number of carbonyl (C=O) groups excluding carboxylic acids is 3. The molecule has 2 aliphatic rings. The number of hydrogen-bond donors (Lipinski definition) is 1. The first-order chi connectivity index (χ1) is 9.66. The lowest BCUT2D eigenvalue weighted by Gasteiger charge is -2.35. The Morgan fingerprint density at radius 3 is 2.60 bits per heavy atom. The average molecular weight is 293 g/mol. The third kappa shape index (κ3) is 2.29. The lowest BCUT2D eigenvalue weighted by atomic mass is 10.0. The molecule has 0 aliphatic carbocycles. The predicted octanol–water partition coefficient (Wildman–Crippen LogP) is 0.905. The van der Waals surface area contributed by atoms with E-state index in [0.29, 0.717) is 25.9 Å². The van der Waals surface area contributed by atoms with Crippen molar-refractivity contribution in [3.05, 3.63) is 22.4 Å². The number of nitrogens with one attached hydrogen (secondary N) is 1. The van der Waals surface area contributed by atoms with E-state index in [1.54, 1.807) is 4.90 Å². The van der Waals surface area contributed by atoms with E-state index in [-0.39, 0.29) is 30.4 Å². The zero-order chi connectivity index (χ0) is 14.1. The Labute approximate surface area is 120 Å². The highest BCUT2D eigenvalue weighted by Gasteiger charge is 2.37. The maximum atomic E-state index is 12.2. The summed E-state index contributed by atoms with van der Waals surface area (Å²) in [5.41, 5.74) is 0. The van der Waals surface area contributed by atoms with Gasteiger partial charge in [-0.1, -0.05) is 6.07 Å². The van der Waals surface area contributed by atoms with Gasteiger partial charge in [0.05, 0.1) is 11.4 Å². The second-order valence-corrected chi connectivity index (χ2v) is 5.87. The minimum absolute atomic E-state index is 0.0376. The van der Waals surface area contributed by atoms with Crippen LogP contribution in [0, 0.1) is 0 Å². The molecule has 0 spiro atoms. The summed E-state index contributed by atoms with van der Waals surface area (Å²) < 4.78 is 0. The third-order valence-electron chi connectivity index (χ3n) is 3.73. The van der Waals surface area contributed by atoms with Crippen LogP contribution in [0.2, 0.25) is 0 Å². The maximum Gasteiger partial charge on any atom is 0.324 e. The first-order valence-electron chi connectivity index (χ1n) is 6.59. The van der Waals surface area contributed by atoms with Gasteiger partial charge < -0.3 is 10.2 Å². The fourth-order valence-corrected chi connectivity index (χ4v) is 3.38. The van der Waals surface area contributed by atoms with Crippen molar-refractivity contribution in [2.75, 3.05) is 19.6 Å². The summed E-state index contributed by atoms with van der Waals surface area (Å²) in [5.74, 6) is -0.131. The van der Waals surface area contributed by atoms with Crippen LogP contribution in [0.4, 0.5) is 4.79 Å². The Bertz CT molecular complexity index is 519. The van der Waals surface area contributed by atoms with Gasteiger partial charge in [0.1, 0.15) is 0 Å². The Balaban J connectivity index is 1.61. The van der Waals surface area contributed by atoms with Crippen molar-refractivity contribution in [1.82, 2.24) is 15.1 Å². The molecule has 0 unspecified atom stereocenters. The van der Waals surface area contributed by atoms with Crippen molar-refractivity contribution in [3.8, 4) is 0 Å². The number of likely N-dealkylation sites (tertiary alicyclic amines) is 1. The number of hydrogen-bond acceptors (Lipinski definition) is 4. The molecule has 6 nitrogen and oxygen atoms in total. The highest BCUT2D eigenvalue weighted by Crippen LogP contribution is 2.21. The molecule has 1 N–H and O–H groups in total. The smallest absolute Gasteiger partial charge is 0.324 e. The van der Waals surface area contributed by atoms with E-state index in [2.05, 4.69) is 5.32 Å². The van der Waals surface area contributed by atoms with Gasteiger partial charge in [-0.2, -0.15) is 0 Å². The number of thiophene rings is 1. The Hall–Kier alpha value is -1.89. The summed E-state index contributed by atoms with van der Waals surface area (Å²) in [4.78, 5) is 39.3. The van der Waals surface area contributed by atoms with Gasteiger partial charge in [0.2, 0.25) is 5.91 Å². The molecule has 2 fully saturated rings. The third-order valence-corrected chi connectivity index (χ3v) is 4.58. The van der Waals surface area contributed by atoms with Gasteiger partial charge in [-0.05, 0) is 24.3 Å². The fourth-order valence-electron chi connectivity index (χ4n) is 2.69. The number of carbonyl (C=O) groups is 3. The van der Waals surface area contributed by atoms with Crippen LogP contribution >= 0.6 is 11.3 Å². The second-order valence-electron chi connectivity index (χ2n) is 4.92. The zero-order valence-electron chi connectivity index (χ0n) is 10.9. The average Bonchev–Trinajstić information content (AvgIpc) is 3.09. The molecule has 3 heterocycles. The minimum atomic E-state index is -0.307. The van der Waals surface area contributed by atoms with E-state index < -0.39 is 0 Å². The molecule has 0 aromatic carbocycles. The van der Waals surface area contributed by atoms with Crippen LogP contribution in [0.1, 0.15) is 22.5 Å². The van der Waals surface area contributed by atoms with Crippen LogP contribution in [0.5, 0.6) is 0 Å². The first kappa shape index (κ1) is 13.1. The summed E-state index contributed by atoms with van der Waals surface area (Å²) in [6, 6.07) is 3.28. The van der Waals surface area contributed by atoms with Crippen LogP contribution in [0.3, 0.4) is 0 Å². The van der Waals surface area contributed by atoms with Gasteiger partial charge >= 0.3 is 6.03 Å². The van der Waals surface area contributed by atoms with Crippen molar-refractivity contribution in [1.29, 1.82) is 0 Å². The van der Waals surface area contributed by atoms with E-state index in [9.17, 15) is 14.4 Å². The lowest BCUT2D eigenvalue weighted by Crippen LogP contribution is -2.48. The molecular formula is C13H15N3O3S. The van der Waals surface area contributed by atoms with E-state index >= 15 is 0 Å². The molecule has 3 rings (SSSR count). The van der Waals surface area contributed by atoms with Crippen molar-refractivity contribution in [2.24, 2.45) is 0 Å². The monoisotopic (exact) mass is 293 g/mol. The Morgan fingerprint density at radius 2 is 2.05 bits per heavy atom. The SMILES string of the molecule is O=C(c1cccs1)N1CCC(N2C(=O)CNC2=O)CC1. The quantitative estimate of drug-likeness (QED) is 0.824. The highest BCUT2D eigenvalue weighted by molar-refractivity contribution is 7.12. The number of urea groups is 1. The van der Waals surface area contributed by atoms with Crippen molar-refractivity contribution >= 4 is 29.2 Å². The molecule has 0 bridgehead atoms. The van der Waals surface area contributed by atoms with Gasteiger partial charge in [-0.25, -0.2) is 4.79 Å². The molecule has 0 atom stereocenters. The molecule has 4 amide bonds. The molecule has 20 heavy (non-hydrogen) atoms. The largest absolute Gasteiger partial charge is 0.338 e. The molecule has 2 saturated heterocycles. The van der Waals surface area contributed by atoms with E-state index in [1.165, 1.54) is 16.2 Å². The molecule has 0 saturated carbocycles. The maximum absolute atomic E-state index is 12.2. The number of amides is 4. The van der Waals surface area contributed by atoms with Crippen molar-refractivity contribution in [2.45, 2.75) is 18.9 Å². The van der Waals surface area contributed by atoms with Crippen LogP contribution in [0.15, 0.2) is 17.5 Å². The second kappa shape index (κ2) is 5.24. The summed E-state index contributed by atoms with van der Waals surface area (Å²) in [6.45, 7) is 1.25. The van der Waals surface area contributed by atoms with Gasteiger partial charge in [0.25, 0.3) is 5.91 Å². The molecule has 2 aliphatic heterocycles. The first-order valence-corrected chi connectivity index (χ1v) is 7.47. The fraction of sp³-hybridized carbons (Fsp3) is 0.462. The molecule has 0 radical (unpaired) electrons. The van der Waals surface area contributed by atoms with E-state index in [1.807, 2.05) is 17.5 Å². The van der Waals surface area contributed by atoms with Gasteiger partial charge in [-0.15, -0.1) is 11.3 Å². The van der Waals surface area contributed by atoms with E-state index in [4.69, 9.17) is 0 Å². The minimum Gasteiger partial charge on any atom is -0.338 e. The number of imide groups is 1. The molecule has 1 aromatic heterocycles. The summed E-state index contributed by atoms with van der Waals surface area (Å²) in [6.07, 6.45) is 1.30. The summed E-state index contributed by atoms with van der Waals surface area (Å²) in [7, 11) is 0. The Morgan fingerprint density at radius 1 is 1.30 bits per heavy atom. The molecule has 1 aromatic rings. The topological polar surface area (TPSA) is 69.7 Å². The summed E-state index contributed by atoms with van der Waals surface area (Å²) in [5, 5.41) is 4.41. The zero-order valence-corrected chi connectivity index (χ0v) is 11.7. The normalized spacial score (nSPS) is 20.4. The number of nitrogens with zero attached hydrogens (tertiary/aromatic N) is 2. The van der Waals surface area contributed by atoms with Crippen molar-refractivity contribution in [3.63, 3.8) is 0 Å². The van der Waals surface area contributed by atoms with Crippen molar-refractivity contribution < 1.29 is 14.4 Å². The number of piperidine rings is 1. The van der Waals surface area contributed by atoms with Crippen LogP contribution in [-0.4, -0.2) is 53.3 Å². The summed E-state index contributed by atoms with van der Waals surface area (Å²) >= 11 is 1.43. The van der Waals surface area contributed by atoms with Gasteiger partial charge in [0, 0.05) is 19.1 Å². The van der Waals surface area contributed by atoms with Gasteiger partial charge in [-0.3, -0.25) is 14.5 Å². The molecule has 106 valence electrons. The van der Waals surface area contributed by atoms with Crippen LogP contribution < -0.4 is 5.32 Å². The highest BCUT2D eigenvalue weighted by atomic mass is 32.1. The van der Waals surface area contributed by atoms with Gasteiger partial charge in [0.15, 0.2) is 0 Å². The lowest BCUT2D eigenvalue weighted by molar-refractivity contribution is -0.127. The van der Waals surface area contributed by atoms with E-state index in [0.717, 1.165) is 4.88 Å². The van der Waals surface area contributed by atoms with Crippen LogP contribution in [0.25, 0.3) is 0 Å². The van der Waals surface area contributed by atoms with Crippen LogP contribution in [-0.2, 0) is 4.79 Å².